The molecule has 1 aromatic carbocycles. The number of halogens is 3. The van der Waals surface area contributed by atoms with Crippen LogP contribution in [0, 0.1) is 5.92 Å². The number of carbonyl (C=O) groups is 1. The van der Waals surface area contributed by atoms with Crippen LogP contribution in [0.15, 0.2) is 29.2 Å². The van der Waals surface area contributed by atoms with Gasteiger partial charge >= 0.3 is 6.18 Å². The summed E-state index contributed by atoms with van der Waals surface area (Å²) in [4.78, 5) is 12.9. The molecule has 1 amide bonds. The van der Waals surface area contributed by atoms with Crippen LogP contribution in [0.5, 0.6) is 0 Å². The SMILES string of the molecule is COCCN(CC(F)(F)F)C(=O)c1cccc(S(=O)(=O)NCC2CC2)c1. The fourth-order valence-electron chi connectivity index (χ4n) is 2.28. The summed E-state index contributed by atoms with van der Waals surface area (Å²) in [5.41, 5.74) is -0.125. The molecule has 2 rings (SSSR count). The van der Waals surface area contributed by atoms with Crippen LogP contribution in [0.1, 0.15) is 23.2 Å². The van der Waals surface area contributed by atoms with Crippen molar-refractivity contribution < 1.29 is 31.1 Å². The van der Waals surface area contributed by atoms with Crippen LogP contribution in [0.25, 0.3) is 0 Å². The molecule has 0 spiro atoms. The Balaban J connectivity index is 2.18. The molecule has 1 aliphatic carbocycles. The van der Waals surface area contributed by atoms with Crippen molar-refractivity contribution in [3.8, 4) is 0 Å². The van der Waals surface area contributed by atoms with E-state index < -0.39 is 28.7 Å². The van der Waals surface area contributed by atoms with Crippen molar-refractivity contribution in [1.82, 2.24) is 9.62 Å². The Hall–Kier alpha value is -1.65. The zero-order valence-corrected chi connectivity index (χ0v) is 15.1. The van der Waals surface area contributed by atoms with Gasteiger partial charge in [-0.05, 0) is 37.0 Å². The Labute approximate surface area is 150 Å². The van der Waals surface area contributed by atoms with Gasteiger partial charge in [-0.25, -0.2) is 13.1 Å². The highest BCUT2D eigenvalue weighted by molar-refractivity contribution is 7.89. The molecule has 0 unspecified atom stereocenters. The highest BCUT2D eigenvalue weighted by Crippen LogP contribution is 2.28. The Kier molecular flexibility index (Phi) is 6.64. The van der Waals surface area contributed by atoms with Gasteiger partial charge < -0.3 is 9.64 Å². The van der Waals surface area contributed by atoms with Gasteiger partial charge in [-0.1, -0.05) is 6.07 Å². The van der Waals surface area contributed by atoms with E-state index >= 15 is 0 Å². The highest BCUT2D eigenvalue weighted by Gasteiger charge is 2.33. The Morgan fingerprint density at radius 1 is 1.35 bits per heavy atom. The van der Waals surface area contributed by atoms with Crippen molar-refractivity contribution in [3.63, 3.8) is 0 Å². The normalized spacial score (nSPS) is 15.1. The summed E-state index contributed by atoms with van der Waals surface area (Å²) in [7, 11) is -2.50. The second-order valence-electron chi connectivity index (χ2n) is 6.16. The van der Waals surface area contributed by atoms with E-state index in [4.69, 9.17) is 4.74 Å². The number of hydrogen-bond donors (Lipinski definition) is 1. The van der Waals surface area contributed by atoms with Crippen molar-refractivity contribution >= 4 is 15.9 Å². The Morgan fingerprint density at radius 3 is 2.62 bits per heavy atom. The van der Waals surface area contributed by atoms with Crippen molar-refractivity contribution in [2.24, 2.45) is 5.92 Å². The molecule has 1 N–H and O–H groups in total. The molecule has 0 aromatic heterocycles. The summed E-state index contributed by atoms with van der Waals surface area (Å²) in [6, 6.07) is 5.02. The van der Waals surface area contributed by atoms with E-state index in [1.807, 2.05) is 0 Å². The third kappa shape index (κ3) is 6.26. The average Bonchev–Trinajstić information content (AvgIpc) is 3.40. The van der Waals surface area contributed by atoms with Crippen molar-refractivity contribution in [3.05, 3.63) is 29.8 Å². The van der Waals surface area contributed by atoms with Gasteiger partial charge in [0.25, 0.3) is 5.91 Å². The first kappa shape index (κ1) is 20.7. The summed E-state index contributed by atoms with van der Waals surface area (Å²) >= 11 is 0. The molecule has 1 fully saturated rings. The number of sulfonamides is 1. The maximum atomic E-state index is 12.7. The molecule has 1 saturated carbocycles. The lowest BCUT2D eigenvalue weighted by atomic mass is 10.2. The van der Waals surface area contributed by atoms with Crippen LogP contribution in [-0.4, -0.2) is 58.8 Å². The monoisotopic (exact) mass is 394 g/mol. The number of nitrogens with zero attached hydrogens (tertiary/aromatic N) is 1. The van der Waals surface area contributed by atoms with Gasteiger partial charge in [0.05, 0.1) is 11.5 Å². The number of carbonyl (C=O) groups excluding carboxylic acids is 1. The predicted octanol–water partition coefficient (Wildman–Crippen LogP) is 2.03. The van der Waals surface area contributed by atoms with Gasteiger partial charge in [0.15, 0.2) is 0 Å². The highest BCUT2D eigenvalue weighted by atomic mass is 32.2. The standard InChI is InChI=1S/C16H21F3N2O4S/c1-25-8-7-21(11-16(17,18)19)15(22)13-3-2-4-14(9-13)26(23,24)20-10-12-5-6-12/h2-4,9,12,20H,5-8,10-11H2,1H3. The molecular formula is C16H21F3N2O4S. The molecule has 6 nitrogen and oxygen atoms in total. The summed E-state index contributed by atoms with van der Waals surface area (Å²) in [6.45, 7) is -1.45. The lowest BCUT2D eigenvalue weighted by Crippen LogP contribution is -2.41. The average molecular weight is 394 g/mol. The topological polar surface area (TPSA) is 75.7 Å². The zero-order chi connectivity index (χ0) is 19.4. The molecule has 0 heterocycles. The zero-order valence-electron chi connectivity index (χ0n) is 14.3. The van der Waals surface area contributed by atoms with Gasteiger partial charge in [0.1, 0.15) is 6.54 Å². The maximum Gasteiger partial charge on any atom is 0.406 e. The van der Waals surface area contributed by atoms with Crippen LogP contribution >= 0.6 is 0 Å². The number of nitrogens with one attached hydrogen (secondary N) is 1. The Morgan fingerprint density at radius 2 is 2.04 bits per heavy atom. The van der Waals surface area contributed by atoms with E-state index in [2.05, 4.69) is 4.72 Å². The predicted molar refractivity (Wildman–Crippen MR) is 88.2 cm³/mol. The summed E-state index contributed by atoms with van der Waals surface area (Å²) in [5.74, 6) is -0.579. The lowest BCUT2D eigenvalue weighted by molar-refractivity contribution is -0.141. The number of alkyl halides is 3. The number of benzene rings is 1. The third-order valence-electron chi connectivity index (χ3n) is 3.87. The molecule has 0 atom stereocenters. The van der Waals surface area contributed by atoms with Gasteiger partial charge in [0, 0.05) is 25.8 Å². The van der Waals surface area contributed by atoms with Gasteiger partial charge in [-0.3, -0.25) is 4.79 Å². The molecule has 26 heavy (non-hydrogen) atoms. The fourth-order valence-corrected chi connectivity index (χ4v) is 3.44. The first-order valence-electron chi connectivity index (χ1n) is 8.07. The van der Waals surface area contributed by atoms with Crippen LogP contribution in [0.4, 0.5) is 13.2 Å². The second-order valence-corrected chi connectivity index (χ2v) is 7.92. The molecule has 10 heteroatoms. The molecule has 0 saturated heterocycles. The van der Waals surface area contributed by atoms with E-state index in [1.54, 1.807) is 0 Å². The third-order valence-corrected chi connectivity index (χ3v) is 5.29. The van der Waals surface area contributed by atoms with E-state index in [0.29, 0.717) is 17.4 Å². The minimum atomic E-state index is -4.57. The molecule has 0 aliphatic heterocycles. The van der Waals surface area contributed by atoms with E-state index in [1.165, 1.54) is 25.3 Å². The van der Waals surface area contributed by atoms with E-state index in [9.17, 15) is 26.4 Å². The summed E-state index contributed by atoms with van der Waals surface area (Å²) in [6.07, 6.45) is -2.64. The first-order valence-corrected chi connectivity index (χ1v) is 9.55. The smallest absolute Gasteiger partial charge is 0.383 e. The van der Waals surface area contributed by atoms with Crippen LogP contribution in [0.3, 0.4) is 0 Å². The molecule has 0 bridgehead atoms. The molecule has 1 aromatic rings. The number of amides is 1. The second kappa shape index (κ2) is 8.36. The van der Waals surface area contributed by atoms with Crippen LogP contribution in [0.2, 0.25) is 0 Å². The van der Waals surface area contributed by atoms with Gasteiger partial charge in [0.2, 0.25) is 10.0 Å². The molecular weight excluding hydrogens is 373 g/mol. The largest absolute Gasteiger partial charge is 0.406 e. The van der Waals surface area contributed by atoms with E-state index in [-0.39, 0.29) is 23.6 Å². The molecule has 146 valence electrons. The van der Waals surface area contributed by atoms with Gasteiger partial charge in [-0.15, -0.1) is 0 Å². The van der Waals surface area contributed by atoms with Gasteiger partial charge in [-0.2, -0.15) is 13.2 Å². The summed E-state index contributed by atoms with van der Waals surface area (Å²) in [5, 5.41) is 0. The number of rotatable bonds is 9. The molecule has 0 radical (unpaired) electrons. The fraction of sp³-hybridized carbons (Fsp3) is 0.562. The number of ether oxygens (including phenoxy) is 1. The van der Waals surface area contributed by atoms with Crippen molar-refractivity contribution in [1.29, 1.82) is 0 Å². The quantitative estimate of drug-likeness (QED) is 0.695. The van der Waals surface area contributed by atoms with Crippen molar-refractivity contribution in [2.45, 2.75) is 23.9 Å². The van der Waals surface area contributed by atoms with Crippen LogP contribution in [-0.2, 0) is 14.8 Å². The lowest BCUT2D eigenvalue weighted by Gasteiger charge is -2.24. The summed E-state index contributed by atoms with van der Waals surface area (Å²) < 4.78 is 69.9. The first-order chi connectivity index (χ1) is 12.1. The number of hydrogen-bond acceptors (Lipinski definition) is 4. The van der Waals surface area contributed by atoms with Crippen LogP contribution < -0.4 is 4.72 Å². The minimum absolute atomic E-state index is 0.0667. The maximum absolute atomic E-state index is 12.7. The minimum Gasteiger partial charge on any atom is -0.383 e. The van der Waals surface area contributed by atoms with Crippen molar-refractivity contribution in [2.75, 3.05) is 33.4 Å². The van der Waals surface area contributed by atoms with E-state index in [0.717, 1.165) is 18.9 Å². The molecule has 1 aliphatic rings. The number of methoxy groups -OCH3 is 1. The Bertz CT molecular complexity index is 733.